The molecule has 334 valence electrons. The number of fused-ring (bicyclic) bond motifs is 2. The van der Waals surface area contributed by atoms with Gasteiger partial charge in [0.25, 0.3) is 0 Å². The van der Waals surface area contributed by atoms with Gasteiger partial charge in [-0.05, 0) is 59.8 Å². The number of carbonyl (C=O) groups excluding carboxylic acids is 3. The Morgan fingerprint density at radius 1 is 0.727 bits per heavy atom. The van der Waals surface area contributed by atoms with Crippen LogP contribution in [-0.2, 0) is 28.7 Å². The number of hydrogen-bond acceptors (Lipinski definition) is 15. The summed E-state index contributed by atoms with van der Waals surface area (Å²) in [5.41, 5.74) is 1.21. The van der Waals surface area contributed by atoms with Crippen molar-refractivity contribution in [3.63, 3.8) is 0 Å². The summed E-state index contributed by atoms with van der Waals surface area (Å²) in [5, 5.41) is 87.1. The maximum atomic E-state index is 12.5. The maximum Gasteiger partial charge on any atom is 1.00 e. The number of carbonyl (C=O) groups is 5. The van der Waals surface area contributed by atoms with E-state index in [4.69, 9.17) is 26.1 Å². The Hall–Kier alpha value is -4.36. The third kappa shape index (κ3) is 14.1. The van der Waals surface area contributed by atoms with E-state index in [2.05, 4.69) is 26.6 Å². The molecular weight excluding hydrogens is 941 g/mol. The summed E-state index contributed by atoms with van der Waals surface area (Å²) in [4.78, 5) is 73.7. The monoisotopic (exact) mass is 977 g/mol. The molecule has 21 nitrogen and oxygen atoms in total. The molecule has 5 atom stereocenters. The predicted molar refractivity (Wildman–Crippen MR) is 223 cm³/mol. The third-order valence-corrected chi connectivity index (χ3v) is 9.79. The van der Waals surface area contributed by atoms with Crippen molar-refractivity contribution in [1.29, 1.82) is 0 Å². The first-order valence-electron chi connectivity index (χ1n) is 19.0. The van der Waals surface area contributed by atoms with E-state index in [9.17, 15) is 64.5 Å². The van der Waals surface area contributed by atoms with E-state index >= 15 is 0 Å². The molecule has 3 aromatic rings. The second kappa shape index (κ2) is 24.6. The van der Waals surface area contributed by atoms with Crippen LogP contribution in [0.15, 0.2) is 93.8 Å². The van der Waals surface area contributed by atoms with Crippen molar-refractivity contribution in [3.8, 4) is 33.9 Å². The Kier molecular flexibility index (Phi) is 20.2. The van der Waals surface area contributed by atoms with Crippen molar-refractivity contribution in [2.24, 2.45) is 0 Å². The average molecular weight is 978 g/mol. The number of aromatic carboxylic acids is 1. The maximum absolute atomic E-state index is 12.5. The predicted octanol–water partition coefficient (Wildman–Crippen LogP) is -7.00. The number of aliphatic carboxylic acids is 1. The average Bonchev–Trinajstić information content (AvgIpc) is 3.26. The molecule has 66 heavy (non-hydrogen) atoms. The van der Waals surface area contributed by atoms with E-state index < -0.39 is 92.3 Å². The van der Waals surface area contributed by atoms with Gasteiger partial charge in [0, 0.05) is 34.8 Å². The minimum absolute atomic E-state index is 0. The minimum Gasteiger partial charge on any atom is -0.872 e. The van der Waals surface area contributed by atoms with Gasteiger partial charge in [-0.25, -0.2) is 9.59 Å². The van der Waals surface area contributed by atoms with Gasteiger partial charge in [0.05, 0.1) is 25.2 Å². The Morgan fingerprint density at radius 2 is 1.35 bits per heavy atom. The van der Waals surface area contributed by atoms with Crippen molar-refractivity contribution in [3.05, 3.63) is 106 Å². The summed E-state index contributed by atoms with van der Waals surface area (Å²) in [5.74, 6) is -6.41. The van der Waals surface area contributed by atoms with E-state index in [0.29, 0.717) is 16.5 Å². The molecule has 10 N–H and O–H groups in total. The van der Waals surface area contributed by atoms with Crippen LogP contribution in [0.4, 0.5) is 5.69 Å². The van der Waals surface area contributed by atoms with Crippen LogP contribution in [0.5, 0.6) is 11.5 Å². The molecule has 0 aromatic heterocycles. The minimum atomic E-state index is -1.91. The smallest absolute Gasteiger partial charge is 0.872 e. The van der Waals surface area contributed by atoms with Crippen LogP contribution >= 0.6 is 12.2 Å². The second-order valence-corrected chi connectivity index (χ2v) is 14.4. The molecule has 1 fully saturated rings. The summed E-state index contributed by atoms with van der Waals surface area (Å²) >= 11 is 5.26. The number of aliphatic hydroxyl groups excluding tert-OH is 3. The van der Waals surface area contributed by atoms with Crippen molar-refractivity contribution in [1.82, 2.24) is 21.3 Å². The van der Waals surface area contributed by atoms with Crippen LogP contribution in [0.25, 0.3) is 39.5 Å². The molecule has 2 heterocycles. The van der Waals surface area contributed by atoms with Crippen molar-refractivity contribution in [2.75, 3.05) is 31.5 Å². The zero-order valence-electron chi connectivity index (χ0n) is 34.9. The first kappa shape index (κ1) is 54.3. The number of hydrogen-bond donors (Lipinski definition) is 10. The van der Waals surface area contributed by atoms with E-state index in [1.54, 1.807) is 0 Å². The number of rotatable bonds is 15. The third-order valence-electron chi connectivity index (χ3n) is 9.54. The molecule has 0 saturated carbocycles. The Balaban J connectivity index is 0.00000476. The summed E-state index contributed by atoms with van der Waals surface area (Å²) in [7, 11) is 0. The zero-order valence-corrected chi connectivity index (χ0v) is 42.0. The first-order valence-corrected chi connectivity index (χ1v) is 19.4. The summed E-state index contributed by atoms with van der Waals surface area (Å²) < 4.78 is 16.5. The molecule has 1 saturated heterocycles. The second-order valence-electron chi connectivity index (χ2n) is 14.0. The van der Waals surface area contributed by atoms with Crippen molar-refractivity contribution >= 4 is 69.7 Å². The largest absolute Gasteiger partial charge is 1.00 e. The first-order chi connectivity index (χ1) is 30.5. The zero-order chi connectivity index (χ0) is 46.2. The molecule has 3 amide bonds. The van der Waals surface area contributed by atoms with Crippen LogP contribution < -0.4 is 145 Å². The van der Waals surface area contributed by atoms with Crippen LogP contribution in [0.1, 0.15) is 15.9 Å². The number of benzene rings is 4. The van der Waals surface area contributed by atoms with E-state index in [1.807, 2.05) is 0 Å². The number of thiocarbonyl (C=S) groups is 1. The number of amides is 3. The van der Waals surface area contributed by atoms with Gasteiger partial charge < -0.3 is 76.2 Å². The number of aliphatic hydroxyl groups is 3. The molecule has 1 aliphatic carbocycles. The van der Waals surface area contributed by atoms with Crippen molar-refractivity contribution < 1.29 is 176 Å². The molecule has 6 rings (SSSR count). The Bertz CT molecular complexity index is 2680. The number of anilines is 1. The van der Waals surface area contributed by atoms with Crippen LogP contribution in [0, 0.1) is 0 Å². The van der Waals surface area contributed by atoms with Gasteiger partial charge in [0.1, 0.15) is 35.8 Å². The van der Waals surface area contributed by atoms with Gasteiger partial charge in [-0.1, -0.05) is 42.5 Å². The topological polar surface area (TPSA) is 341 Å². The Morgan fingerprint density at radius 3 is 2.00 bits per heavy atom. The number of carboxylic acids is 2. The fourth-order valence-electron chi connectivity index (χ4n) is 6.42. The normalized spacial score (nSPS) is 17.9. The summed E-state index contributed by atoms with van der Waals surface area (Å²) in [6, 6.07) is 17.4. The van der Waals surface area contributed by atoms with Gasteiger partial charge >= 0.3 is 115 Å². The molecule has 0 radical (unpaired) electrons. The molecule has 0 spiro atoms. The quantitative estimate of drug-likeness (QED) is 0.0153. The summed E-state index contributed by atoms with van der Waals surface area (Å²) in [6.45, 7) is -2.07. The molecule has 2 aliphatic heterocycles. The van der Waals surface area contributed by atoms with Gasteiger partial charge in [-0.15, -0.1) is 11.5 Å². The van der Waals surface area contributed by atoms with E-state index in [0.717, 1.165) is 6.08 Å². The van der Waals surface area contributed by atoms with Gasteiger partial charge in [-0.3, -0.25) is 19.2 Å². The molecule has 0 bridgehead atoms. The molecule has 3 aromatic carbocycles. The molecule has 0 unspecified atom stereocenters. The van der Waals surface area contributed by atoms with Gasteiger partial charge in [0.15, 0.2) is 10.5 Å². The fourth-order valence-corrected chi connectivity index (χ4v) is 6.61. The molecule has 24 heteroatoms. The van der Waals surface area contributed by atoms with E-state index in [1.165, 1.54) is 78.9 Å². The van der Waals surface area contributed by atoms with Gasteiger partial charge in [0.2, 0.25) is 29.8 Å². The Labute approximate surface area is 463 Å². The van der Waals surface area contributed by atoms with Crippen molar-refractivity contribution in [2.45, 2.75) is 30.7 Å². The number of ether oxygens (including phenoxy) is 2. The van der Waals surface area contributed by atoms with E-state index in [-0.39, 0.29) is 159 Å². The standard InChI is InChI=1S/C42H39N5O16S.2K/c48-21-4-1-19(2-5-21)11-30(40(59)60)62-41-38(56)37(55)36(54)31(63-41)15-43-32(51)16-44-33(52)17-45-34(53)18-46-42(64)47-20-3-8-24(27(12-20)39(57)58)35-25-9-6-22(49)13-28(25)61-29-14-23(50)7-10-26(29)35;;/h1-14,31,36-38,41,48-49,54-56H,15-18H2,(H,43,51)(H,44,52)(H,45,53)(H,57,58)(H,59,60)(H2,46,47,64);;/q;2*+1/p-2/b30-11+;;/t31-,36+,37+,38-,41-;;/m1../s1. The van der Waals surface area contributed by atoms with Crippen LogP contribution in [-0.4, -0.2) is 117 Å². The molecular formula is C42H37K2N5O16S. The number of carboxylic acid groups (broad SMARTS) is 2. The van der Waals surface area contributed by atoms with Crippen LogP contribution in [0.2, 0.25) is 0 Å². The van der Waals surface area contributed by atoms with Gasteiger partial charge in [-0.2, -0.15) is 0 Å². The summed E-state index contributed by atoms with van der Waals surface area (Å²) in [6.07, 6.45) is -7.75. The number of nitrogens with one attached hydrogen (secondary N) is 5. The van der Waals surface area contributed by atoms with Crippen LogP contribution in [0.3, 0.4) is 0 Å². The fraction of sp³-hybridized carbons (Fsp3) is 0.214. The SMILES string of the molecule is O=C(CNC(=O)CNC(=S)Nc1ccc(-c2c3ccc(=O)cc-3oc3cc([O-])ccc23)c(C(=O)O)c1)NCC(=O)NC[C@H]1O[C@@H](O/C(=C/c2ccc([O-])cc2)C(=O)O)[C@H](O)[C@@H](O)[C@H]1O.[K+].[K+]. The molecule has 3 aliphatic rings.